The summed E-state index contributed by atoms with van der Waals surface area (Å²) in [5, 5.41) is 13.0. The summed E-state index contributed by atoms with van der Waals surface area (Å²) >= 11 is 0. The van der Waals surface area contributed by atoms with Crippen molar-refractivity contribution in [3.05, 3.63) is 48.0 Å². The van der Waals surface area contributed by atoms with Gasteiger partial charge in [-0.1, -0.05) is 42.5 Å². The Hall–Kier alpha value is -3.46. The van der Waals surface area contributed by atoms with Crippen molar-refractivity contribution in [1.29, 1.82) is 0 Å². The van der Waals surface area contributed by atoms with E-state index in [1.165, 1.54) is 0 Å². The lowest BCUT2D eigenvalue weighted by atomic mass is 9.82. The van der Waals surface area contributed by atoms with Gasteiger partial charge in [-0.05, 0) is 23.6 Å². The number of carboxylic acid groups (broad SMARTS) is 1. The summed E-state index contributed by atoms with van der Waals surface area (Å²) in [6.07, 6.45) is 0.179. The number of Topliss-reactive ketones (excluding diaryl/α,β-unsaturated/α-hetero) is 1. The van der Waals surface area contributed by atoms with Crippen LogP contribution in [0, 0.1) is 0 Å². The molecule has 148 valence electrons. The van der Waals surface area contributed by atoms with Gasteiger partial charge < -0.3 is 22.3 Å². The van der Waals surface area contributed by atoms with Gasteiger partial charge in [0.05, 0.1) is 6.54 Å². The molecule has 0 aliphatic rings. The third kappa shape index (κ3) is 4.63. The van der Waals surface area contributed by atoms with Crippen molar-refractivity contribution in [3.63, 3.8) is 0 Å². The number of guanidine groups is 1. The summed E-state index contributed by atoms with van der Waals surface area (Å²) in [6, 6.07) is 12.3. The number of ketones is 1. The first-order chi connectivity index (χ1) is 13.3. The van der Waals surface area contributed by atoms with Gasteiger partial charge in [-0.25, -0.2) is 0 Å². The zero-order valence-electron chi connectivity index (χ0n) is 15.2. The molecule has 0 aliphatic carbocycles. The number of benzene rings is 2. The number of hydrogen-bond donors (Lipinski definition) is 5. The van der Waals surface area contributed by atoms with Gasteiger partial charge in [-0.2, -0.15) is 0 Å². The number of nitrogens with one attached hydrogen (secondary N) is 1. The van der Waals surface area contributed by atoms with Gasteiger partial charge in [0.25, 0.3) is 0 Å². The Labute approximate surface area is 161 Å². The molecule has 0 spiro atoms. The lowest BCUT2D eigenvalue weighted by Gasteiger charge is -2.30. The van der Waals surface area contributed by atoms with Crippen LogP contribution in [0.25, 0.3) is 10.8 Å². The van der Waals surface area contributed by atoms with E-state index in [-0.39, 0.29) is 30.9 Å². The van der Waals surface area contributed by atoms with Crippen molar-refractivity contribution < 1.29 is 19.5 Å². The standard InChI is InChI=1S/C19H23N5O4/c20-17(28)19(24-11-15(25)26,9-4-10-23-18(21)22)16(27)14-8-3-6-12-5-1-2-7-13(12)14/h1-3,5-8,24H,4,9-11H2,(H2,20,28)(H,25,26)(H4,21,22,23)/t19-/m1/s1. The van der Waals surface area contributed by atoms with Crippen LogP contribution in [-0.2, 0) is 9.59 Å². The number of rotatable bonds is 10. The van der Waals surface area contributed by atoms with E-state index in [4.69, 9.17) is 22.3 Å². The molecule has 0 aliphatic heterocycles. The van der Waals surface area contributed by atoms with E-state index in [0.717, 1.165) is 5.39 Å². The molecule has 0 aromatic heterocycles. The predicted molar refractivity (Wildman–Crippen MR) is 106 cm³/mol. The highest BCUT2D eigenvalue weighted by Crippen LogP contribution is 2.26. The number of carbonyl (C=O) groups excluding carboxylic acids is 2. The van der Waals surface area contributed by atoms with Crippen LogP contribution >= 0.6 is 0 Å². The Bertz CT molecular complexity index is 918. The van der Waals surface area contributed by atoms with Gasteiger partial charge in [-0.3, -0.25) is 24.7 Å². The molecule has 0 saturated carbocycles. The van der Waals surface area contributed by atoms with Crippen LogP contribution < -0.4 is 22.5 Å². The highest BCUT2D eigenvalue weighted by atomic mass is 16.4. The summed E-state index contributed by atoms with van der Waals surface area (Å²) in [7, 11) is 0. The van der Waals surface area contributed by atoms with Crippen molar-refractivity contribution in [2.45, 2.75) is 18.4 Å². The average Bonchev–Trinajstić information content (AvgIpc) is 2.66. The molecule has 0 heterocycles. The molecule has 9 heteroatoms. The molecular weight excluding hydrogens is 362 g/mol. The topological polar surface area (TPSA) is 174 Å². The number of carboxylic acids is 1. The SMILES string of the molecule is NC(=O)[C@](CCCN=C(N)N)(NCC(=O)O)C(=O)c1cccc2ccccc12. The quantitative estimate of drug-likeness (QED) is 0.125. The van der Waals surface area contributed by atoms with Crippen molar-refractivity contribution >= 4 is 34.4 Å². The zero-order valence-corrected chi connectivity index (χ0v) is 15.2. The van der Waals surface area contributed by atoms with Gasteiger partial charge in [0.2, 0.25) is 5.91 Å². The largest absolute Gasteiger partial charge is 0.480 e. The van der Waals surface area contributed by atoms with Crippen LogP contribution in [0.2, 0.25) is 0 Å². The van der Waals surface area contributed by atoms with Crippen LogP contribution in [0.15, 0.2) is 47.5 Å². The molecule has 2 aromatic rings. The molecule has 2 aromatic carbocycles. The molecule has 28 heavy (non-hydrogen) atoms. The first kappa shape index (κ1) is 20.8. The number of fused-ring (bicyclic) bond motifs is 1. The van der Waals surface area contributed by atoms with E-state index in [1.54, 1.807) is 24.3 Å². The van der Waals surface area contributed by atoms with Gasteiger partial charge in [0.1, 0.15) is 0 Å². The fourth-order valence-corrected chi connectivity index (χ4v) is 3.04. The second kappa shape index (κ2) is 8.96. The van der Waals surface area contributed by atoms with Gasteiger partial charge in [-0.15, -0.1) is 0 Å². The number of hydrogen-bond acceptors (Lipinski definition) is 5. The average molecular weight is 385 g/mol. The molecule has 0 unspecified atom stereocenters. The second-order valence-corrected chi connectivity index (χ2v) is 6.28. The van der Waals surface area contributed by atoms with E-state index in [0.29, 0.717) is 5.39 Å². The van der Waals surface area contributed by atoms with Crippen molar-refractivity contribution in [1.82, 2.24) is 5.32 Å². The molecule has 9 nitrogen and oxygen atoms in total. The normalized spacial score (nSPS) is 12.9. The van der Waals surface area contributed by atoms with Crippen molar-refractivity contribution in [2.75, 3.05) is 13.1 Å². The van der Waals surface area contributed by atoms with Crippen LogP contribution in [0.5, 0.6) is 0 Å². The van der Waals surface area contributed by atoms with Crippen LogP contribution in [0.1, 0.15) is 23.2 Å². The fraction of sp³-hybridized carbons (Fsp3) is 0.263. The van der Waals surface area contributed by atoms with E-state index >= 15 is 0 Å². The molecule has 0 bridgehead atoms. The van der Waals surface area contributed by atoms with E-state index in [9.17, 15) is 14.4 Å². The van der Waals surface area contributed by atoms with E-state index in [2.05, 4.69) is 10.3 Å². The summed E-state index contributed by atoms with van der Waals surface area (Å²) < 4.78 is 0. The molecule has 2 rings (SSSR count). The first-order valence-electron chi connectivity index (χ1n) is 8.62. The lowest BCUT2D eigenvalue weighted by molar-refractivity contribution is -0.136. The summed E-state index contributed by atoms with van der Waals surface area (Å²) in [4.78, 5) is 40.7. The molecule has 1 amide bonds. The number of primary amides is 1. The van der Waals surface area contributed by atoms with Crippen LogP contribution in [-0.4, -0.2) is 47.4 Å². The minimum atomic E-state index is -1.90. The summed E-state index contributed by atoms with van der Waals surface area (Å²) in [6.45, 7) is -0.448. The summed E-state index contributed by atoms with van der Waals surface area (Å²) in [5.41, 5.74) is 14.5. The Balaban J connectivity index is 2.48. The van der Waals surface area contributed by atoms with Gasteiger partial charge in [0.15, 0.2) is 17.3 Å². The molecule has 0 saturated heterocycles. The number of aliphatic imine (C=N–C) groups is 1. The van der Waals surface area contributed by atoms with E-state index in [1.807, 2.05) is 18.2 Å². The molecule has 0 radical (unpaired) electrons. The Morgan fingerprint density at radius 3 is 2.36 bits per heavy atom. The van der Waals surface area contributed by atoms with E-state index < -0.39 is 29.7 Å². The molecule has 1 atom stereocenters. The smallest absolute Gasteiger partial charge is 0.317 e. The maximum absolute atomic E-state index is 13.4. The maximum Gasteiger partial charge on any atom is 0.317 e. The van der Waals surface area contributed by atoms with Crippen LogP contribution in [0.4, 0.5) is 0 Å². The fourth-order valence-electron chi connectivity index (χ4n) is 3.04. The predicted octanol–water partition coefficient (Wildman–Crippen LogP) is -0.0256. The third-order valence-corrected chi connectivity index (χ3v) is 4.39. The number of carbonyl (C=O) groups is 3. The number of nitrogens with two attached hydrogens (primary N) is 3. The second-order valence-electron chi connectivity index (χ2n) is 6.28. The number of nitrogens with zero attached hydrogens (tertiary/aromatic N) is 1. The highest BCUT2D eigenvalue weighted by Gasteiger charge is 2.44. The lowest BCUT2D eigenvalue weighted by Crippen LogP contribution is -2.62. The summed E-state index contributed by atoms with van der Waals surface area (Å²) in [5.74, 6) is -2.90. The maximum atomic E-state index is 13.4. The molecular formula is C19H23N5O4. The first-order valence-corrected chi connectivity index (χ1v) is 8.62. The molecule has 0 fully saturated rings. The molecule has 8 N–H and O–H groups in total. The highest BCUT2D eigenvalue weighted by molar-refractivity contribution is 6.22. The zero-order chi connectivity index (χ0) is 20.7. The Kier molecular flexibility index (Phi) is 6.67. The minimum absolute atomic E-state index is 0.0611. The Morgan fingerprint density at radius 2 is 1.71 bits per heavy atom. The third-order valence-electron chi connectivity index (χ3n) is 4.39. The number of amides is 1. The van der Waals surface area contributed by atoms with Crippen LogP contribution in [0.3, 0.4) is 0 Å². The van der Waals surface area contributed by atoms with Gasteiger partial charge in [0, 0.05) is 12.1 Å². The number of aliphatic carboxylic acids is 1. The van der Waals surface area contributed by atoms with Gasteiger partial charge >= 0.3 is 5.97 Å². The monoisotopic (exact) mass is 385 g/mol. The van der Waals surface area contributed by atoms with Crippen molar-refractivity contribution in [3.8, 4) is 0 Å². The minimum Gasteiger partial charge on any atom is -0.480 e. The Morgan fingerprint density at radius 1 is 1.04 bits per heavy atom. The van der Waals surface area contributed by atoms with Crippen molar-refractivity contribution in [2.24, 2.45) is 22.2 Å².